The Labute approximate surface area is 90.1 Å². The molecule has 0 aliphatic rings. The number of benzene rings is 1. The van der Waals surface area contributed by atoms with Gasteiger partial charge in [0.25, 0.3) is 0 Å². The second-order valence-electron chi connectivity index (χ2n) is 3.48. The zero-order valence-corrected chi connectivity index (χ0v) is 8.72. The minimum Gasteiger partial charge on any atom is -0.264 e. The smallest absolute Gasteiger partial charge is 0.0342 e. The summed E-state index contributed by atoms with van der Waals surface area (Å²) in [4.78, 5) is 4.11. The van der Waals surface area contributed by atoms with Gasteiger partial charge in [0, 0.05) is 12.4 Å². The highest BCUT2D eigenvalue weighted by Crippen LogP contribution is 2.15. The van der Waals surface area contributed by atoms with E-state index in [1.165, 1.54) is 16.7 Å². The summed E-state index contributed by atoms with van der Waals surface area (Å²) in [5, 5.41) is 0. The molecule has 74 valence electrons. The van der Waals surface area contributed by atoms with Crippen LogP contribution < -0.4 is 0 Å². The van der Waals surface area contributed by atoms with E-state index >= 15 is 0 Å². The molecule has 0 aliphatic carbocycles. The van der Waals surface area contributed by atoms with Crippen molar-refractivity contribution < 1.29 is 0 Å². The van der Waals surface area contributed by atoms with Crippen molar-refractivity contribution in [3.05, 3.63) is 66.0 Å². The van der Waals surface area contributed by atoms with Crippen molar-refractivity contribution in [2.24, 2.45) is 0 Å². The van der Waals surface area contributed by atoms with E-state index in [0.29, 0.717) is 0 Å². The van der Waals surface area contributed by atoms with Gasteiger partial charge >= 0.3 is 0 Å². The fourth-order valence-electron chi connectivity index (χ4n) is 1.48. The van der Waals surface area contributed by atoms with Crippen LogP contribution in [0.15, 0.2) is 54.9 Å². The normalized spacial score (nSPS) is 11.4. The van der Waals surface area contributed by atoms with Crippen molar-refractivity contribution >= 4 is 11.6 Å². The van der Waals surface area contributed by atoms with E-state index in [4.69, 9.17) is 0 Å². The van der Waals surface area contributed by atoms with Crippen LogP contribution in [-0.4, -0.2) is 4.98 Å². The predicted octanol–water partition coefficient (Wildman–Crippen LogP) is 3.64. The minimum atomic E-state index is 1.17. The molecule has 15 heavy (non-hydrogen) atoms. The van der Waals surface area contributed by atoms with E-state index in [1.54, 1.807) is 6.20 Å². The van der Waals surface area contributed by atoms with Crippen LogP contribution >= 0.6 is 0 Å². The van der Waals surface area contributed by atoms with Crippen LogP contribution in [0.4, 0.5) is 0 Å². The van der Waals surface area contributed by atoms with Gasteiger partial charge in [-0.3, -0.25) is 4.98 Å². The molecule has 0 bridgehead atoms. The minimum absolute atomic E-state index is 1.17. The van der Waals surface area contributed by atoms with Gasteiger partial charge in [0.05, 0.1) is 0 Å². The fourth-order valence-corrected chi connectivity index (χ4v) is 1.48. The summed E-state index contributed by atoms with van der Waals surface area (Å²) in [6, 6.07) is 14.3. The first-order valence-corrected chi connectivity index (χ1v) is 5.00. The van der Waals surface area contributed by atoms with Gasteiger partial charge in [-0.15, -0.1) is 0 Å². The van der Waals surface area contributed by atoms with Gasteiger partial charge in [0.15, 0.2) is 0 Å². The molecule has 1 nitrogen and oxygen atoms in total. The second-order valence-corrected chi connectivity index (χ2v) is 3.48. The van der Waals surface area contributed by atoms with Crippen LogP contribution in [0.1, 0.15) is 18.1 Å². The molecule has 0 aliphatic heterocycles. The van der Waals surface area contributed by atoms with Gasteiger partial charge in [-0.25, -0.2) is 0 Å². The van der Waals surface area contributed by atoms with Gasteiger partial charge in [-0.1, -0.05) is 42.5 Å². The largest absolute Gasteiger partial charge is 0.264 e. The quantitative estimate of drug-likeness (QED) is 0.712. The van der Waals surface area contributed by atoms with Crippen molar-refractivity contribution in [3.63, 3.8) is 0 Å². The predicted molar refractivity (Wildman–Crippen MR) is 64.2 cm³/mol. The van der Waals surface area contributed by atoms with Crippen molar-refractivity contribution in [3.8, 4) is 0 Å². The number of aromatic nitrogens is 1. The molecule has 1 aromatic carbocycles. The maximum absolute atomic E-state index is 4.11. The summed E-state index contributed by atoms with van der Waals surface area (Å²) in [6.07, 6.45) is 5.84. The van der Waals surface area contributed by atoms with Crippen LogP contribution in [0.3, 0.4) is 0 Å². The Hall–Kier alpha value is -1.89. The van der Waals surface area contributed by atoms with E-state index in [1.807, 2.05) is 30.5 Å². The molecular formula is C14H13N. The highest BCUT2D eigenvalue weighted by atomic mass is 14.6. The van der Waals surface area contributed by atoms with E-state index in [0.717, 1.165) is 0 Å². The van der Waals surface area contributed by atoms with E-state index in [-0.39, 0.29) is 0 Å². The van der Waals surface area contributed by atoms with Crippen molar-refractivity contribution in [2.75, 3.05) is 0 Å². The molecule has 0 N–H and O–H groups in total. The average molecular weight is 195 g/mol. The molecule has 0 radical (unpaired) electrons. The summed E-state index contributed by atoms with van der Waals surface area (Å²) in [5.74, 6) is 0. The molecule has 1 heterocycles. The fraction of sp³-hybridized carbons (Fsp3) is 0.0714. The first-order valence-electron chi connectivity index (χ1n) is 5.00. The SMILES string of the molecule is C/C(=C\c1ccccc1)c1cccnc1. The first-order chi connectivity index (χ1) is 7.36. The second kappa shape index (κ2) is 4.56. The number of rotatable bonds is 2. The molecule has 0 atom stereocenters. The Morgan fingerprint density at radius 1 is 1.07 bits per heavy atom. The molecule has 0 fully saturated rings. The van der Waals surface area contributed by atoms with Gasteiger partial charge in [-0.2, -0.15) is 0 Å². The lowest BCUT2D eigenvalue weighted by molar-refractivity contribution is 1.31. The highest BCUT2D eigenvalue weighted by Gasteiger charge is 1.94. The lowest BCUT2D eigenvalue weighted by atomic mass is 10.1. The Balaban J connectivity index is 2.29. The highest BCUT2D eigenvalue weighted by molar-refractivity contribution is 5.79. The summed E-state index contributed by atoms with van der Waals surface area (Å²) in [6.45, 7) is 2.10. The standard InChI is InChI=1S/C14H13N/c1-12(14-8-5-9-15-11-14)10-13-6-3-2-4-7-13/h2-11H,1H3/b12-10+. The molecule has 0 saturated heterocycles. The monoisotopic (exact) mass is 195 g/mol. The lowest BCUT2D eigenvalue weighted by Gasteiger charge is -2.00. The Morgan fingerprint density at radius 2 is 1.87 bits per heavy atom. The topological polar surface area (TPSA) is 12.9 Å². The zero-order valence-electron chi connectivity index (χ0n) is 8.72. The molecule has 2 rings (SSSR count). The maximum atomic E-state index is 4.11. The zero-order chi connectivity index (χ0) is 10.5. The van der Waals surface area contributed by atoms with Crippen molar-refractivity contribution in [1.82, 2.24) is 4.98 Å². The van der Waals surface area contributed by atoms with Gasteiger partial charge in [-0.05, 0) is 29.7 Å². The van der Waals surface area contributed by atoms with Crippen molar-refractivity contribution in [1.29, 1.82) is 0 Å². The van der Waals surface area contributed by atoms with Crippen LogP contribution in [0.5, 0.6) is 0 Å². The van der Waals surface area contributed by atoms with Crippen molar-refractivity contribution in [2.45, 2.75) is 6.92 Å². The third-order valence-corrected chi connectivity index (χ3v) is 2.30. The van der Waals surface area contributed by atoms with E-state index in [2.05, 4.69) is 36.2 Å². The Kier molecular flexibility index (Phi) is 2.93. The number of pyridine rings is 1. The lowest BCUT2D eigenvalue weighted by Crippen LogP contribution is -1.80. The van der Waals surface area contributed by atoms with Gasteiger partial charge < -0.3 is 0 Å². The molecule has 0 saturated carbocycles. The Morgan fingerprint density at radius 3 is 2.53 bits per heavy atom. The van der Waals surface area contributed by atoms with Crippen LogP contribution in [0.25, 0.3) is 11.6 Å². The number of hydrogen-bond donors (Lipinski definition) is 0. The first kappa shape index (κ1) is 9.66. The van der Waals surface area contributed by atoms with Crippen LogP contribution in [-0.2, 0) is 0 Å². The summed E-state index contributed by atoms with van der Waals surface area (Å²) >= 11 is 0. The Bertz CT molecular complexity index is 443. The van der Waals surface area contributed by atoms with Gasteiger partial charge in [0.1, 0.15) is 0 Å². The van der Waals surface area contributed by atoms with Gasteiger partial charge in [0.2, 0.25) is 0 Å². The molecule has 0 spiro atoms. The number of hydrogen-bond acceptors (Lipinski definition) is 1. The van der Waals surface area contributed by atoms with E-state index < -0.39 is 0 Å². The maximum Gasteiger partial charge on any atom is 0.0342 e. The third-order valence-electron chi connectivity index (χ3n) is 2.30. The third kappa shape index (κ3) is 2.53. The van der Waals surface area contributed by atoms with Crippen LogP contribution in [0, 0.1) is 0 Å². The molecule has 2 aromatic rings. The molecule has 1 heteroatoms. The van der Waals surface area contributed by atoms with Crippen LogP contribution in [0.2, 0.25) is 0 Å². The molecule has 0 amide bonds. The van der Waals surface area contributed by atoms with E-state index in [9.17, 15) is 0 Å². The summed E-state index contributed by atoms with van der Waals surface area (Å²) in [5.41, 5.74) is 3.62. The molecule has 0 unspecified atom stereocenters. The average Bonchev–Trinajstić information content (AvgIpc) is 2.31. The molecule has 1 aromatic heterocycles. The number of nitrogens with zero attached hydrogens (tertiary/aromatic N) is 1. The molecular weight excluding hydrogens is 182 g/mol. The number of allylic oxidation sites excluding steroid dienone is 1. The summed E-state index contributed by atoms with van der Waals surface area (Å²) in [7, 11) is 0. The summed E-state index contributed by atoms with van der Waals surface area (Å²) < 4.78 is 0.